The minimum Gasteiger partial charge on any atom is -0.406 e. The smallest absolute Gasteiger partial charge is 0.406 e. The molecule has 3 aromatic rings. The molecule has 0 aliphatic heterocycles. The number of rotatable bonds is 8. The van der Waals surface area contributed by atoms with E-state index in [4.69, 9.17) is 0 Å². The summed E-state index contributed by atoms with van der Waals surface area (Å²) >= 11 is 0. The van der Waals surface area contributed by atoms with Gasteiger partial charge in [0.1, 0.15) is 17.6 Å². The molecule has 1 heterocycles. The van der Waals surface area contributed by atoms with Crippen LogP contribution in [0.4, 0.5) is 30.6 Å². The number of hydrogen-bond acceptors (Lipinski definition) is 7. The van der Waals surface area contributed by atoms with Crippen LogP contribution < -0.4 is 15.4 Å². The molecule has 33 heavy (non-hydrogen) atoms. The maximum Gasteiger partial charge on any atom is 0.573 e. The van der Waals surface area contributed by atoms with Crippen LogP contribution in [0.3, 0.4) is 0 Å². The molecule has 0 aliphatic carbocycles. The number of aromatic nitrogens is 2. The molecule has 0 radical (unpaired) electrons. The standard InChI is InChI=1S/C23H22F3N5O2/c1-14(2)20(13-32)30-22-29-19(15-7-5-8-17(10-15)33-23(24,25)26)11-21(31-22)28-18-9-4-3-6-16(18)12-27/h3-11,14,20,32H,13H2,1-2H3,(H2,28,29,30,31)/t20-/m1/s1. The van der Waals surface area contributed by atoms with E-state index in [2.05, 4.69) is 31.4 Å². The Morgan fingerprint density at radius 1 is 1.09 bits per heavy atom. The number of anilines is 3. The van der Waals surface area contributed by atoms with E-state index in [9.17, 15) is 23.5 Å². The lowest BCUT2D eigenvalue weighted by Crippen LogP contribution is -2.30. The van der Waals surface area contributed by atoms with E-state index in [1.54, 1.807) is 36.4 Å². The fourth-order valence-electron chi connectivity index (χ4n) is 2.99. The van der Waals surface area contributed by atoms with Crippen molar-refractivity contribution in [1.82, 2.24) is 9.97 Å². The maximum atomic E-state index is 12.7. The second-order valence-corrected chi connectivity index (χ2v) is 7.50. The van der Waals surface area contributed by atoms with Gasteiger partial charge in [-0.25, -0.2) is 4.98 Å². The number of nitriles is 1. The van der Waals surface area contributed by atoms with Gasteiger partial charge in [0.25, 0.3) is 0 Å². The molecule has 0 fully saturated rings. The van der Waals surface area contributed by atoms with Crippen LogP contribution in [-0.2, 0) is 0 Å². The molecule has 10 heteroatoms. The Bertz CT molecular complexity index is 1150. The van der Waals surface area contributed by atoms with Crippen LogP contribution in [-0.4, -0.2) is 34.1 Å². The number of aliphatic hydroxyl groups excluding tert-OH is 1. The van der Waals surface area contributed by atoms with Crippen molar-refractivity contribution in [2.75, 3.05) is 17.2 Å². The molecule has 0 unspecified atom stereocenters. The Morgan fingerprint density at radius 2 is 1.85 bits per heavy atom. The van der Waals surface area contributed by atoms with Crippen LogP contribution in [0.5, 0.6) is 5.75 Å². The lowest BCUT2D eigenvalue weighted by molar-refractivity contribution is -0.274. The molecule has 0 saturated heterocycles. The minimum absolute atomic E-state index is 0.0569. The lowest BCUT2D eigenvalue weighted by atomic mass is 10.1. The first-order valence-electron chi connectivity index (χ1n) is 10.1. The van der Waals surface area contributed by atoms with E-state index < -0.39 is 6.36 Å². The van der Waals surface area contributed by atoms with Gasteiger partial charge in [-0.15, -0.1) is 13.2 Å². The van der Waals surface area contributed by atoms with Crippen molar-refractivity contribution in [3.05, 3.63) is 60.2 Å². The van der Waals surface area contributed by atoms with Gasteiger partial charge in [-0.3, -0.25) is 0 Å². The van der Waals surface area contributed by atoms with Crippen molar-refractivity contribution in [2.24, 2.45) is 5.92 Å². The molecule has 7 nitrogen and oxygen atoms in total. The molecule has 3 N–H and O–H groups in total. The van der Waals surface area contributed by atoms with E-state index in [0.29, 0.717) is 28.3 Å². The molecule has 1 atom stereocenters. The van der Waals surface area contributed by atoms with Crippen LogP contribution in [0.15, 0.2) is 54.6 Å². The second-order valence-electron chi connectivity index (χ2n) is 7.50. The largest absolute Gasteiger partial charge is 0.573 e. The number of hydrogen-bond donors (Lipinski definition) is 3. The number of benzene rings is 2. The highest BCUT2D eigenvalue weighted by Crippen LogP contribution is 2.30. The van der Waals surface area contributed by atoms with Crippen LogP contribution in [0, 0.1) is 17.2 Å². The zero-order valence-electron chi connectivity index (χ0n) is 17.9. The Kier molecular flexibility index (Phi) is 7.35. The van der Waals surface area contributed by atoms with Gasteiger partial charge in [-0.1, -0.05) is 38.1 Å². The zero-order valence-corrected chi connectivity index (χ0v) is 17.9. The summed E-state index contributed by atoms with van der Waals surface area (Å²) in [6, 6.07) is 15.5. The third kappa shape index (κ3) is 6.57. The molecule has 0 amide bonds. The predicted molar refractivity (Wildman–Crippen MR) is 118 cm³/mol. The number of nitrogens with zero attached hydrogens (tertiary/aromatic N) is 3. The summed E-state index contributed by atoms with van der Waals surface area (Å²) in [6.45, 7) is 3.66. The predicted octanol–water partition coefficient (Wildman–Crippen LogP) is 5.09. The highest BCUT2D eigenvalue weighted by molar-refractivity contribution is 5.70. The normalized spacial score (nSPS) is 12.2. The average Bonchev–Trinajstić information content (AvgIpc) is 2.76. The number of aliphatic hydroxyl groups is 1. The number of para-hydroxylation sites is 1. The van der Waals surface area contributed by atoms with Crippen molar-refractivity contribution in [3.63, 3.8) is 0 Å². The first kappa shape index (κ1) is 23.8. The van der Waals surface area contributed by atoms with E-state index in [1.165, 1.54) is 18.2 Å². The first-order valence-corrected chi connectivity index (χ1v) is 10.1. The van der Waals surface area contributed by atoms with E-state index in [1.807, 2.05) is 13.8 Å². The Balaban J connectivity index is 2.04. The van der Waals surface area contributed by atoms with Gasteiger partial charge in [0.05, 0.1) is 29.6 Å². The molecule has 0 spiro atoms. The highest BCUT2D eigenvalue weighted by atomic mass is 19.4. The molecule has 2 aromatic carbocycles. The second kappa shape index (κ2) is 10.2. The molecule has 0 aliphatic rings. The Labute approximate surface area is 188 Å². The summed E-state index contributed by atoms with van der Waals surface area (Å²) in [5.41, 5.74) is 1.58. The number of nitrogens with one attached hydrogen (secondary N) is 2. The van der Waals surface area contributed by atoms with Crippen LogP contribution in [0.2, 0.25) is 0 Å². The van der Waals surface area contributed by atoms with E-state index in [0.717, 1.165) is 0 Å². The van der Waals surface area contributed by atoms with Crippen molar-refractivity contribution >= 4 is 17.5 Å². The van der Waals surface area contributed by atoms with Gasteiger partial charge in [-0.2, -0.15) is 10.2 Å². The minimum atomic E-state index is -4.82. The SMILES string of the molecule is CC(C)[C@@H](CO)Nc1nc(Nc2ccccc2C#N)cc(-c2cccc(OC(F)(F)F)c2)n1. The topological polar surface area (TPSA) is 103 Å². The number of alkyl halides is 3. The molecule has 0 saturated carbocycles. The molecule has 3 rings (SSSR count). The summed E-state index contributed by atoms with van der Waals surface area (Å²) < 4.78 is 42.0. The van der Waals surface area contributed by atoms with Gasteiger partial charge < -0.3 is 20.5 Å². The van der Waals surface area contributed by atoms with Crippen molar-refractivity contribution < 1.29 is 23.0 Å². The quantitative estimate of drug-likeness (QED) is 0.433. The number of halogens is 3. The van der Waals surface area contributed by atoms with E-state index in [-0.39, 0.29) is 30.3 Å². The van der Waals surface area contributed by atoms with Gasteiger partial charge >= 0.3 is 6.36 Å². The fourth-order valence-corrected chi connectivity index (χ4v) is 2.99. The monoisotopic (exact) mass is 457 g/mol. The molecule has 172 valence electrons. The first-order chi connectivity index (χ1) is 15.7. The lowest BCUT2D eigenvalue weighted by Gasteiger charge is -2.21. The Morgan fingerprint density at radius 3 is 2.52 bits per heavy atom. The summed E-state index contributed by atoms with van der Waals surface area (Å²) in [6.07, 6.45) is -4.82. The maximum absolute atomic E-state index is 12.7. The fraction of sp³-hybridized carbons (Fsp3) is 0.261. The van der Waals surface area contributed by atoms with Gasteiger partial charge in [0.15, 0.2) is 0 Å². The van der Waals surface area contributed by atoms with Gasteiger partial charge in [0.2, 0.25) is 5.95 Å². The Hall–Kier alpha value is -3.84. The van der Waals surface area contributed by atoms with Crippen LogP contribution in [0.25, 0.3) is 11.3 Å². The molecular weight excluding hydrogens is 435 g/mol. The van der Waals surface area contributed by atoms with Crippen LogP contribution >= 0.6 is 0 Å². The summed E-state index contributed by atoms with van der Waals surface area (Å²) in [7, 11) is 0. The number of ether oxygens (including phenoxy) is 1. The summed E-state index contributed by atoms with van der Waals surface area (Å²) in [5.74, 6) is 0.154. The van der Waals surface area contributed by atoms with Crippen molar-refractivity contribution in [1.29, 1.82) is 5.26 Å². The third-order valence-corrected chi connectivity index (χ3v) is 4.72. The third-order valence-electron chi connectivity index (χ3n) is 4.72. The molecular formula is C23H22F3N5O2. The van der Waals surface area contributed by atoms with Crippen molar-refractivity contribution in [3.8, 4) is 23.1 Å². The van der Waals surface area contributed by atoms with Gasteiger partial charge in [0, 0.05) is 11.6 Å². The zero-order chi connectivity index (χ0) is 24.0. The molecule has 0 bridgehead atoms. The summed E-state index contributed by atoms with van der Waals surface area (Å²) in [4.78, 5) is 8.84. The molecule has 1 aromatic heterocycles. The van der Waals surface area contributed by atoms with E-state index >= 15 is 0 Å². The highest BCUT2D eigenvalue weighted by Gasteiger charge is 2.31. The van der Waals surface area contributed by atoms with Crippen LogP contribution in [0.1, 0.15) is 19.4 Å². The summed E-state index contributed by atoms with van der Waals surface area (Å²) in [5, 5.41) is 25.1. The average molecular weight is 457 g/mol. The van der Waals surface area contributed by atoms with Crippen molar-refractivity contribution in [2.45, 2.75) is 26.3 Å². The van der Waals surface area contributed by atoms with Gasteiger partial charge in [-0.05, 0) is 30.2 Å².